The van der Waals surface area contributed by atoms with Gasteiger partial charge in [-0.2, -0.15) is 0 Å². The van der Waals surface area contributed by atoms with Gasteiger partial charge < -0.3 is 9.47 Å². The number of fused-ring (bicyclic) bond motifs is 1. The topological polar surface area (TPSA) is 57.5 Å². The first-order valence-electron chi connectivity index (χ1n) is 8.64. The maximum absolute atomic E-state index is 12.7. The Bertz CT molecular complexity index is 925. The van der Waals surface area contributed by atoms with Gasteiger partial charge in [0.05, 0.1) is 18.2 Å². The highest BCUT2D eigenvalue weighted by molar-refractivity contribution is 6.03. The van der Waals surface area contributed by atoms with Crippen molar-refractivity contribution >= 4 is 28.5 Å². The minimum absolute atomic E-state index is 0.391. The van der Waals surface area contributed by atoms with Crippen molar-refractivity contribution in [3.8, 4) is 0 Å². The van der Waals surface area contributed by atoms with Crippen molar-refractivity contribution in [2.24, 2.45) is 0 Å². The summed E-state index contributed by atoms with van der Waals surface area (Å²) in [6.45, 7) is 5.47. The molecular formula is C21H23NO4. The standard InChI is InChI=1S/C21H23NO4/c1-21(2,3)26-20(24)22-13-17(14-8-6-5-7-9-14)16-11-10-15(12-18(16)22)19(23)25-4/h6,8-13H,5,7H2,1-4H3. The van der Waals surface area contributed by atoms with Crippen LogP contribution in [-0.2, 0) is 9.47 Å². The zero-order chi connectivity index (χ0) is 18.9. The van der Waals surface area contributed by atoms with Crippen LogP contribution < -0.4 is 0 Å². The summed E-state index contributed by atoms with van der Waals surface area (Å²) in [4.78, 5) is 24.6. The summed E-state index contributed by atoms with van der Waals surface area (Å²) >= 11 is 0. The van der Waals surface area contributed by atoms with E-state index in [1.165, 1.54) is 11.7 Å². The lowest BCUT2D eigenvalue weighted by atomic mass is 9.99. The van der Waals surface area contributed by atoms with Crippen molar-refractivity contribution in [3.05, 3.63) is 53.8 Å². The maximum Gasteiger partial charge on any atom is 0.419 e. The average molecular weight is 353 g/mol. The van der Waals surface area contributed by atoms with Gasteiger partial charge in [0.1, 0.15) is 5.60 Å². The Hall–Kier alpha value is -2.82. The number of rotatable bonds is 2. The molecule has 26 heavy (non-hydrogen) atoms. The molecule has 1 aromatic carbocycles. The van der Waals surface area contributed by atoms with E-state index in [1.807, 2.05) is 26.8 Å². The Kier molecular flexibility index (Phi) is 4.72. The summed E-state index contributed by atoms with van der Waals surface area (Å²) in [6.07, 6.45) is 9.62. The number of carbonyl (C=O) groups is 2. The van der Waals surface area contributed by atoms with E-state index in [0.29, 0.717) is 11.1 Å². The van der Waals surface area contributed by atoms with Crippen LogP contribution in [0, 0.1) is 0 Å². The van der Waals surface area contributed by atoms with Crippen molar-refractivity contribution in [2.45, 2.75) is 39.2 Å². The van der Waals surface area contributed by atoms with Crippen molar-refractivity contribution in [2.75, 3.05) is 7.11 Å². The number of hydrogen-bond acceptors (Lipinski definition) is 4. The Balaban J connectivity index is 2.17. The zero-order valence-corrected chi connectivity index (χ0v) is 15.5. The highest BCUT2D eigenvalue weighted by Gasteiger charge is 2.22. The molecule has 2 aromatic rings. The summed E-state index contributed by atoms with van der Waals surface area (Å²) in [5.41, 5.74) is 2.41. The van der Waals surface area contributed by atoms with Gasteiger partial charge in [0.25, 0.3) is 0 Å². The van der Waals surface area contributed by atoms with Gasteiger partial charge in [-0.05, 0) is 51.3 Å². The van der Waals surface area contributed by atoms with Crippen LogP contribution in [0.2, 0.25) is 0 Å². The van der Waals surface area contributed by atoms with E-state index in [1.54, 1.807) is 18.3 Å². The predicted molar refractivity (Wildman–Crippen MR) is 101 cm³/mol. The molecule has 0 fully saturated rings. The van der Waals surface area contributed by atoms with E-state index in [-0.39, 0.29) is 0 Å². The van der Waals surface area contributed by atoms with Crippen LogP contribution in [0.3, 0.4) is 0 Å². The summed E-state index contributed by atoms with van der Waals surface area (Å²) in [5.74, 6) is -0.442. The van der Waals surface area contributed by atoms with Gasteiger partial charge in [0, 0.05) is 17.1 Å². The first-order valence-corrected chi connectivity index (χ1v) is 8.64. The summed E-state index contributed by atoms with van der Waals surface area (Å²) in [5, 5.41) is 0.890. The molecule has 3 rings (SSSR count). The van der Waals surface area contributed by atoms with Crippen LogP contribution in [0.5, 0.6) is 0 Å². The molecule has 0 saturated carbocycles. The third-order valence-electron chi connectivity index (χ3n) is 4.12. The van der Waals surface area contributed by atoms with Gasteiger partial charge in [0.2, 0.25) is 0 Å². The van der Waals surface area contributed by atoms with Gasteiger partial charge >= 0.3 is 12.1 Å². The number of benzene rings is 1. The number of allylic oxidation sites excluding steroid dienone is 4. The van der Waals surface area contributed by atoms with Crippen LogP contribution in [0.15, 0.2) is 42.6 Å². The normalized spacial score (nSPS) is 14.2. The van der Waals surface area contributed by atoms with E-state index >= 15 is 0 Å². The maximum atomic E-state index is 12.7. The molecule has 5 heteroatoms. The number of aromatic nitrogens is 1. The molecule has 1 aliphatic rings. The molecule has 0 radical (unpaired) electrons. The average Bonchev–Trinajstić information content (AvgIpc) is 2.99. The highest BCUT2D eigenvalue weighted by Crippen LogP contribution is 2.31. The molecule has 1 aromatic heterocycles. The van der Waals surface area contributed by atoms with Crippen LogP contribution in [-0.4, -0.2) is 29.3 Å². The third kappa shape index (κ3) is 3.57. The first kappa shape index (κ1) is 18.0. The van der Waals surface area contributed by atoms with Gasteiger partial charge in [-0.25, -0.2) is 9.59 Å². The number of esters is 1. The summed E-state index contributed by atoms with van der Waals surface area (Å²) in [6, 6.07) is 5.23. The number of carbonyl (C=O) groups excluding carboxylic acids is 2. The number of methoxy groups -OCH3 is 1. The molecule has 5 nitrogen and oxygen atoms in total. The molecule has 1 aliphatic carbocycles. The fraction of sp³-hybridized carbons (Fsp3) is 0.333. The van der Waals surface area contributed by atoms with Crippen molar-refractivity contribution < 1.29 is 19.1 Å². The molecule has 0 amide bonds. The van der Waals surface area contributed by atoms with Crippen molar-refractivity contribution in [1.82, 2.24) is 4.57 Å². The van der Waals surface area contributed by atoms with Crippen LogP contribution >= 0.6 is 0 Å². The third-order valence-corrected chi connectivity index (χ3v) is 4.12. The molecule has 0 N–H and O–H groups in total. The molecule has 0 saturated heterocycles. The second-order valence-electron chi connectivity index (χ2n) is 7.26. The Morgan fingerprint density at radius 1 is 1.15 bits per heavy atom. The fourth-order valence-corrected chi connectivity index (χ4v) is 2.98. The van der Waals surface area contributed by atoms with Gasteiger partial charge in [-0.15, -0.1) is 0 Å². The van der Waals surface area contributed by atoms with Gasteiger partial charge in [-0.3, -0.25) is 4.57 Å². The fourth-order valence-electron chi connectivity index (χ4n) is 2.98. The lowest BCUT2D eigenvalue weighted by molar-refractivity contribution is 0.0541. The van der Waals surface area contributed by atoms with E-state index in [0.717, 1.165) is 29.4 Å². The van der Waals surface area contributed by atoms with Crippen molar-refractivity contribution in [1.29, 1.82) is 0 Å². The second kappa shape index (κ2) is 6.83. The Morgan fingerprint density at radius 3 is 2.54 bits per heavy atom. The van der Waals surface area contributed by atoms with Gasteiger partial charge in [-0.1, -0.05) is 24.3 Å². The first-order chi connectivity index (χ1) is 12.3. The molecule has 0 aliphatic heterocycles. The molecule has 136 valence electrons. The lowest BCUT2D eigenvalue weighted by Crippen LogP contribution is -2.26. The van der Waals surface area contributed by atoms with Crippen LogP contribution in [0.25, 0.3) is 16.5 Å². The largest absolute Gasteiger partial charge is 0.465 e. The number of ether oxygens (including phenoxy) is 2. The molecule has 0 spiro atoms. The summed E-state index contributed by atoms with van der Waals surface area (Å²) < 4.78 is 11.8. The van der Waals surface area contributed by atoms with Crippen LogP contribution in [0.1, 0.15) is 49.5 Å². The highest BCUT2D eigenvalue weighted by atomic mass is 16.6. The van der Waals surface area contributed by atoms with Crippen LogP contribution in [0.4, 0.5) is 4.79 Å². The van der Waals surface area contributed by atoms with E-state index in [4.69, 9.17) is 9.47 Å². The van der Waals surface area contributed by atoms with E-state index in [9.17, 15) is 9.59 Å². The smallest absolute Gasteiger partial charge is 0.419 e. The minimum atomic E-state index is -0.613. The quantitative estimate of drug-likeness (QED) is 0.717. The predicted octanol–water partition coefficient (Wildman–Crippen LogP) is 4.94. The Labute approximate surface area is 152 Å². The number of nitrogens with zero attached hydrogens (tertiary/aromatic N) is 1. The summed E-state index contributed by atoms with van der Waals surface area (Å²) in [7, 11) is 1.34. The molecule has 0 unspecified atom stereocenters. The lowest BCUT2D eigenvalue weighted by Gasteiger charge is -2.19. The second-order valence-corrected chi connectivity index (χ2v) is 7.26. The monoisotopic (exact) mass is 353 g/mol. The van der Waals surface area contributed by atoms with E-state index < -0.39 is 17.7 Å². The van der Waals surface area contributed by atoms with E-state index in [2.05, 4.69) is 18.2 Å². The molecule has 0 atom stereocenters. The Morgan fingerprint density at radius 2 is 1.92 bits per heavy atom. The van der Waals surface area contributed by atoms with Crippen molar-refractivity contribution in [3.63, 3.8) is 0 Å². The van der Waals surface area contributed by atoms with Gasteiger partial charge in [0.15, 0.2) is 0 Å². The SMILES string of the molecule is COC(=O)c1ccc2c(C3=CCCC=C3)cn(C(=O)OC(C)(C)C)c2c1. The minimum Gasteiger partial charge on any atom is -0.465 e. The molecule has 1 heterocycles. The zero-order valence-electron chi connectivity index (χ0n) is 15.5. The number of hydrogen-bond donors (Lipinski definition) is 0. The molecule has 0 bridgehead atoms. The molecular weight excluding hydrogens is 330 g/mol.